The molecule has 0 aromatic heterocycles. The summed E-state index contributed by atoms with van der Waals surface area (Å²) in [5.74, 6) is -0.0309. The first-order chi connectivity index (χ1) is 10.5. The molecule has 0 bridgehead atoms. The van der Waals surface area contributed by atoms with Crippen molar-refractivity contribution in [1.29, 1.82) is 0 Å². The number of benzene rings is 1. The number of aliphatic hydroxyl groups is 1. The monoisotopic (exact) mass is 335 g/mol. The molecule has 0 unspecified atom stereocenters. The van der Waals surface area contributed by atoms with Crippen LogP contribution in [-0.4, -0.2) is 38.1 Å². The van der Waals surface area contributed by atoms with Crippen molar-refractivity contribution in [2.75, 3.05) is 26.4 Å². The first kappa shape index (κ1) is 17.4. The van der Waals surface area contributed by atoms with Crippen LogP contribution in [0.3, 0.4) is 0 Å². The Hall–Kier alpha value is -0.950. The van der Waals surface area contributed by atoms with Crippen LogP contribution in [0.15, 0.2) is 18.2 Å². The number of aliphatic hydroxyl groups excluding tert-OH is 1. The average Bonchev–Trinajstić information content (AvgIpc) is 2.50. The maximum absolute atomic E-state index is 12.2. The lowest BCUT2D eigenvalue weighted by Gasteiger charge is -2.35. The quantitative estimate of drug-likeness (QED) is 0.804. The highest BCUT2D eigenvalue weighted by Crippen LogP contribution is 2.30. The molecule has 0 saturated carbocycles. The topological polar surface area (TPSA) is 50.7 Å². The molecule has 0 spiro atoms. The van der Waals surface area contributed by atoms with E-state index < -0.39 is 6.61 Å². The van der Waals surface area contributed by atoms with Crippen LogP contribution in [0.4, 0.5) is 8.78 Å². The molecule has 0 atom stereocenters. The van der Waals surface area contributed by atoms with Crippen LogP contribution in [0, 0.1) is 5.41 Å². The first-order valence-electron chi connectivity index (χ1n) is 7.17. The molecule has 1 saturated heterocycles. The van der Waals surface area contributed by atoms with Crippen molar-refractivity contribution in [3.05, 3.63) is 28.8 Å². The summed E-state index contributed by atoms with van der Waals surface area (Å²) >= 11 is 5.91. The van der Waals surface area contributed by atoms with E-state index >= 15 is 0 Å². The fourth-order valence-corrected chi connectivity index (χ4v) is 2.76. The summed E-state index contributed by atoms with van der Waals surface area (Å²) in [4.78, 5) is 0. The van der Waals surface area contributed by atoms with Crippen molar-refractivity contribution in [1.82, 2.24) is 5.32 Å². The van der Waals surface area contributed by atoms with E-state index in [1.54, 1.807) is 12.1 Å². The predicted molar refractivity (Wildman–Crippen MR) is 79.4 cm³/mol. The fraction of sp³-hybridized carbons (Fsp3) is 0.600. The van der Waals surface area contributed by atoms with Gasteiger partial charge in [0.1, 0.15) is 5.75 Å². The van der Waals surface area contributed by atoms with Gasteiger partial charge in [0.05, 0.1) is 11.6 Å². The van der Waals surface area contributed by atoms with E-state index in [0.717, 1.165) is 18.4 Å². The Kier molecular flexibility index (Phi) is 6.37. The van der Waals surface area contributed by atoms with Gasteiger partial charge in [0, 0.05) is 31.7 Å². The number of hydrogen-bond donors (Lipinski definition) is 2. The molecule has 2 N–H and O–H groups in total. The first-order valence-corrected chi connectivity index (χ1v) is 7.55. The smallest absolute Gasteiger partial charge is 0.387 e. The maximum atomic E-state index is 12.2. The maximum Gasteiger partial charge on any atom is 0.387 e. The molecule has 2 rings (SSSR count). The summed E-state index contributed by atoms with van der Waals surface area (Å²) < 4.78 is 33.9. The second-order valence-corrected chi connectivity index (χ2v) is 5.92. The summed E-state index contributed by atoms with van der Waals surface area (Å²) in [6.07, 6.45) is 1.64. The second-order valence-electron chi connectivity index (χ2n) is 5.52. The van der Waals surface area contributed by atoms with Crippen molar-refractivity contribution >= 4 is 11.6 Å². The van der Waals surface area contributed by atoms with Gasteiger partial charge >= 0.3 is 6.61 Å². The molecular formula is C15H20ClF2NO3. The van der Waals surface area contributed by atoms with Crippen molar-refractivity contribution in [2.24, 2.45) is 5.41 Å². The molecule has 1 heterocycles. The largest absolute Gasteiger partial charge is 0.433 e. The summed E-state index contributed by atoms with van der Waals surface area (Å²) in [6, 6.07) is 4.72. The highest BCUT2D eigenvalue weighted by molar-refractivity contribution is 6.32. The van der Waals surface area contributed by atoms with Gasteiger partial charge in [-0.05, 0) is 30.5 Å². The standard InChI is InChI=1S/C15H20ClF2NO3/c16-12-7-11(1-2-13(12)22-14(17)18)8-19-9-15(10-20)3-5-21-6-4-15/h1-2,7,14,19-20H,3-6,8-10H2. The van der Waals surface area contributed by atoms with E-state index in [1.165, 1.54) is 6.07 Å². The molecule has 0 radical (unpaired) electrons. The fourth-order valence-electron chi connectivity index (χ4n) is 2.51. The van der Waals surface area contributed by atoms with E-state index in [9.17, 15) is 13.9 Å². The lowest BCUT2D eigenvalue weighted by molar-refractivity contribution is -0.0498. The zero-order chi connectivity index (χ0) is 16.0. The highest BCUT2D eigenvalue weighted by atomic mass is 35.5. The number of rotatable bonds is 7. The van der Waals surface area contributed by atoms with Crippen LogP contribution in [0.1, 0.15) is 18.4 Å². The van der Waals surface area contributed by atoms with E-state index in [1.807, 2.05) is 0 Å². The van der Waals surface area contributed by atoms with Crippen LogP contribution >= 0.6 is 11.6 Å². The molecule has 0 aliphatic carbocycles. The highest BCUT2D eigenvalue weighted by Gasteiger charge is 2.31. The molecule has 4 nitrogen and oxygen atoms in total. The van der Waals surface area contributed by atoms with E-state index in [-0.39, 0.29) is 22.8 Å². The van der Waals surface area contributed by atoms with Gasteiger partial charge in [0.2, 0.25) is 0 Å². The van der Waals surface area contributed by atoms with Gasteiger partial charge < -0.3 is 19.9 Å². The number of nitrogens with one attached hydrogen (secondary N) is 1. The van der Waals surface area contributed by atoms with Crippen LogP contribution in [0.5, 0.6) is 5.75 Å². The zero-order valence-corrected chi connectivity index (χ0v) is 12.9. The summed E-state index contributed by atoms with van der Waals surface area (Å²) in [6.45, 7) is -0.247. The summed E-state index contributed by atoms with van der Waals surface area (Å²) in [5, 5.41) is 13.0. The molecule has 0 amide bonds. The molecule has 1 aliphatic heterocycles. The summed E-state index contributed by atoms with van der Waals surface area (Å²) in [5.41, 5.74) is 0.715. The van der Waals surface area contributed by atoms with E-state index in [4.69, 9.17) is 16.3 Å². The molecule has 1 aliphatic rings. The van der Waals surface area contributed by atoms with Gasteiger partial charge in [-0.2, -0.15) is 8.78 Å². The van der Waals surface area contributed by atoms with Gasteiger partial charge in [-0.3, -0.25) is 0 Å². The van der Waals surface area contributed by atoms with Crippen molar-refractivity contribution in [2.45, 2.75) is 26.0 Å². The van der Waals surface area contributed by atoms with Crippen LogP contribution < -0.4 is 10.1 Å². The third-order valence-electron chi connectivity index (χ3n) is 3.93. The lowest BCUT2D eigenvalue weighted by Crippen LogP contribution is -2.41. The van der Waals surface area contributed by atoms with E-state index in [2.05, 4.69) is 10.1 Å². The Balaban J connectivity index is 1.87. The third-order valence-corrected chi connectivity index (χ3v) is 4.23. The number of halogens is 3. The second kappa shape index (κ2) is 8.06. The molecule has 124 valence electrons. The SMILES string of the molecule is OCC1(CNCc2ccc(OC(F)F)c(Cl)c2)CCOCC1. The minimum atomic E-state index is -2.89. The van der Waals surface area contributed by atoms with Crippen LogP contribution in [0.25, 0.3) is 0 Å². The van der Waals surface area contributed by atoms with Crippen molar-refractivity contribution in [3.8, 4) is 5.75 Å². The lowest BCUT2D eigenvalue weighted by atomic mass is 9.81. The Morgan fingerprint density at radius 1 is 1.36 bits per heavy atom. The molecule has 7 heteroatoms. The van der Waals surface area contributed by atoms with Crippen molar-refractivity contribution < 1.29 is 23.4 Å². The van der Waals surface area contributed by atoms with E-state index in [0.29, 0.717) is 26.3 Å². The molecule has 1 aromatic carbocycles. The summed E-state index contributed by atoms with van der Waals surface area (Å²) in [7, 11) is 0. The van der Waals surface area contributed by atoms with Gasteiger partial charge in [-0.1, -0.05) is 17.7 Å². The predicted octanol–water partition coefficient (Wildman–Crippen LogP) is 2.82. The van der Waals surface area contributed by atoms with Crippen molar-refractivity contribution in [3.63, 3.8) is 0 Å². The van der Waals surface area contributed by atoms with Gasteiger partial charge in [-0.25, -0.2) is 0 Å². The normalized spacial score (nSPS) is 17.7. The molecule has 1 fully saturated rings. The molecule has 1 aromatic rings. The number of hydrogen-bond acceptors (Lipinski definition) is 4. The Bertz CT molecular complexity index is 482. The zero-order valence-electron chi connectivity index (χ0n) is 12.2. The minimum Gasteiger partial charge on any atom is -0.433 e. The number of alkyl halides is 2. The van der Waals surface area contributed by atoms with Crippen LogP contribution in [-0.2, 0) is 11.3 Å². The minimum absolute atomic E-state index is 0.0309. The Morgan fingerprint density at radius 2 is 2.09 bits per heavy atom. The third kappa shape index (κ3) is 4.78. The van der Waals surface area contributed by atoms with Gasteiger partial charge in [0.25, 0.3) is 0 Å². The molecule has 22 heavy (non-hydrogen) atoms. The Morgan fingerprint density at radius 3 is 2.68 bits per heavy atom. The van der Waals surface area contributed by atoms with Gasteiger partial charge in [0.15, 0.2) is 0 Å². The molecular weight excluding hydrogens is 316 g/mol. The average molecular weight is 336 g/mol. The Labute approximate surface area is 133 Å². The number of ether oxygens (including phenoxy) is 2. The van der Waals surface area contributed by atoms with Crippen LogP contribution in [0.2, 0.25) is 5.02 Å². The van der Waals surface area contributed by atoms with Gasteiger partial charge in [-0.15, -0.1) is 0 Å².